The number of thioether (sulfide) groups is 1. The summed E-state index contributed by atoms with van der Waals surface area (Å²) in [7, 11) is 0. The summed E-state index contributed by atoms with van der Waals surface area (Å²) >= 11 is 1.58. The molecular weight excluding hydrogens is 483 g/mol. The zero-order chi connectivity index (χ0) is 25.0. The Hall–Kier alpha value is -3.92. The summed E-state index contributed by atoms with van der Waals surface area (Å²) in [6.07, 6.45) is 5.90. The normalized spacial score (nSPS) is 26.7. The number of allylic oxidation sites excluding steroid dienone is 3. The van der Waals surface area contributed by atoms with Gasteiger partial charge in [0.15, 0.2) is 5.54 Å². The Balaban J connectivity index is 1.29. The number of nitrogens with zero attached hydrogens (tertiary/aromatic N) is 1. The Morgan fingerprint density at radius 1 is 1.06 bits per heavy atom. The molecule has 0 bridgehead atoms. The second-order valence-corrected chi connectivity index (χ2v) is 10.3. The lowest BCUT2D eigenvalue weighted by Crippen LogP contribution is -2.52. The van der Waals surface area contributed by atoms with Crippen LogP contribution in [-0.4, -0.2) is 46.2 Å². The second kappa shape index (κ2) is 8.34. The predicted molar refractivity (Wildman–Crippen MR) is 130 cm³/mol. The number of imide groups is 1. The van der Waals surface area contributed by atoms with Crippen LogP contribution in [0.5, 0.6) is 0 Å². The minimum Gasteiger partial charge on any atom is -0.331 e. The molecule has 0 aromatic heterocycles. The number of rotatable bonds is 4. The zero-order valence-corrected chi connectivity index (χ0v) is 19.7. The number of hydrogen-bond donors (Lipinski definition) is 3. The molecule has 2 aromatic rings. The summed E-state index contributed by atoms with van der Waals surface area (Å²) in [6, 6.07) is 10.8. The first-order valence-electron chi connectivity index (χ1n) is 11.5. The maximum absolute atomic E-state index is 13.7. The van der Waals surface area contributed by atoms with E-state index in [1.54, 1.807) is 30.0 Å². The number of hydrogen-bond acceptors (Lipinski definition) is 5. The fraction of sp³-hybridized carbons (Fsp3) is 0.231. The van der Waals surface area contributed by atoms with E-state index < -0.39 is 29.2 Å². The second-order valence-electron chi connectivity index (χ2n) is 9.21. The summed E-state index contributed by atoms with van der Waals surface area (Å²) in [5.41, 5.74) is 1.85. The van der Waals surface area contributed by atoms with Crippen LogP contribution in [0.4, 0.5) is 9.18 Å². The Morgan fingerprint density at radius 3 is 2.61 bits per heavy atom. The van der Waals surface area contributed by atoms with Gasteiger partial charge in [0.05, 0.1) is 17.5 Å². The molecule has 0 spiro atoms. The van der Waals surface area contributed by atoms with E-state index in [2.05, 4.69) is 22.0 Å². The molecule has 8 nitrogen and oxygen atoms in total. The first-order valence-corrected chi connectivity index (χ1v) is 12.5. The lowest BCUT2D eigenvalue weighted by Gasteiger charge is -2.34. The summed E-state index contributed by atoms with van der Waals surface area (Å²) in [6.45, 7) is 0.115. The molecule has 0 radical (unpaired) electrons. The van der Waals surface area contributed by atoms with E-state index in [4.69, 9.17) is 0 Å². The molecule has 1 aliphatic carbocycles. The Morgan fingerprint density at radius 2 is 1.86 bits per heavy atom. The third-order valence-corrected chi connectivity index (χ3v) is 8.35. The quantitative estimate of drug-likeness (QED) is 0.554. The zero-order valence-electron chi connectivity index (χ0n) is 18.9. The van der Waals surface area contributed by atoms with Crippen LogP contribution in [-0.2, 0) is 21.7 Å². The van der Waals surface area contributed by atoms with Gasteiger partial charge in [-0.1, -0.05) is 42.5 Å². The van der Waals surface area contributed by atoms with E-state index in [1.807, 2.05) is 24.3 Å². The van der Waals surface area contributed by atoms with Gasteiger partial charge >= 0.3 is 6.03 Å². The summed E-state index contributed by atoms with van der Waals surface area (Å²) < 4.78 is 13.7. The van der Waals surface area contributed by atoms with Crippen molar-refractivity contribution in [2.75, 3.05) is 12.3 Å². The fourth-order valence-electron chi connectivity index (χ4n) is 5.26. The summed E-state index contributed by atoms with van der Waals surface area (Å²) in [5, 5.41) is 8.03. The van der Waals surface area contributed by atoms with Crippen molar-refractivity contribution in [3.8, 4) is 0 Å². The fourth-order valence-corrected chi connectivity index (χ4v) is 6.43. The number of amides is 5. The number of nitrogens with one attached hydrogen (secondary N) is 3. The number of carbonyl (C=O) groups is 4. The SMILES string of the molecule is O=C1CSC2C(=CC=CC2c2ccc([C@@]3(CN4Cc5ccc(F)cc5C4=O)NC(=O)NC3=O)cc2)N1. The molecule has 36 heavy (non-hydrogen) atoms. The number of carbonyl (C=O) groups excluding carboxylic acids is 4. The average molecular weight is 505 g/mol. The first kappa shape index (κ1) is 22.5. The van der Waals surface area contributed by atoms with Gasteiger partial charge in [-0.05, 0) is 34.9 Å². The Bertz CT molecular complexity index is 1390. The van der Waals surface area contributed by atoms with Crippen molar-refractivity contribution in [3.05, 3.63) is 94.5 Å². The number of benzene rings is 2. The van der Waals surface area contributed by atoms with Crippen molar-refractivity contribution in [2.24, 2.45) is 0 Å². The Kier molecular flexibility index (Phi) is 5.22. The van der Waals surface area contributed by atoms with Crippen LogP contribution in [0, 0.1) is 5.82 Å². The van der Waals surface area contributed by atoms with Crippen molar-refractivity contribution in [1.82, 2.24) is 20.9 Å². The van der Waals surface area contributed by atoms with Gasteiger partial charge in [-0.2, -0.15) is 0 Å². The highest BCUT2D eigenvalue weighted by atomic mass is 32.2. The highest BCUT2D eigenvalue weighted by Crippen LogP contribution is 2.39. The van der Waals surface area contributed by atoms with Crippen LogP contribution in [0.2, 0.25) is 0 Å². The topological polar surface area (TPSA) is 108 Å². The van der Waals surface area contributed by atoms with Gasteiger partial charge < -0.3 is 15.5 Å². The monoisotopic (exact) mass is 504 g/mol. The van der Waals surface area contributed by atoms with Crippen LogP contribution in [0.1, 0.15) is 33.0 Å². The van der Waals surface area contributed by atoms with Crippen molar-refractivity contribution < 1.29 is 23.6 Å². The van der Waals surface area contributed by atoms with Crippen molar-refractivity contribution in [3.63, 3.8) is 0 Å². The molecule has 3 heterocycles. The van der Waals surface area contributed by atoms with E-state index in [0.29, 0.717) is 16.9 Å². The lowest BCUT2D eigenvalue weighted by atomic mass is 9.85. The summed E-state index contributed by atoms with van der Waals surface area (Å²) in [5.74, 6) is -1.06. The average Bonchev–Trinajstić information content (AvgIpc) is 3.33. The van der Waals surface area contributed by atoms with Gasteiger partial charge in [-0.3, -0.25) is 19.7 Å². The van der Waals surface area contributed by atoms with Crippen molar-refractivity contribution in [1.29, 1.82) is 0 Å². The van der Waals surface area contributed by atoms with Gasteiger partial charge in [0, 0.05) is 23.7 Å². The standard InChI is InChI=1S/C26H21FN4O4S/c27-17-9-6-15-11-31(23(33)19(15)10-17)13-26(24(34)29-25(35)30-26)16-7-4-14(5-8-16)18-2-1-3-20-22(18)36-12-21(32)28-20/h1-10,18,22H,11-13H2,(H,28,32)(H2,29,30,34,35)/t18?,22?,26-/m1/s1. The van der Waals surface area contributed by atoms with E-state index in [-0.39, 0.29) is 35.7 Å². The molecule has 6 rings (SSSR count). The van der Waals surface area contributed by atoms with Crippen molar-refractivity contribution >= 4 is 35.5 Å². The molecule has 2 saturated heterocycles. The minimum absolute atomic E-state index is 0.0156. The molecule has 0 saturated carbocycles. The van der Waals surface area contributed by atoms with E-state index >= 15 is 0 Å². The van der Waals surface area contributed by atoms with Gasteiger partial charge in [0.2, 0.25) is 5.91 Å². The van der Waals surface area contributed by atoms with Crippen LogP contribution < -0.4 is 16.0 Å². The summed E-state index contributed by atoms with van der Waals surface area (Å²) in [4.78, 5) is 51.5. The first-order chi connectivity index (χ1) is 17.3. The Labute approximate surface area is 210 Å². The van der Waals surface area contributed by atoms with Crippen LogP contribution >= 0.6 is 11.8 Å². The molecule has 3 aliphatic heterocycles. The molecule has 2 aromatic carbocycles. The minimum atomic E-state index is -1.48. The van der Waals surface area contributed by atoms with Gasteiger partial charge in [-0.25, -0.2) is 9.18 Å². The number of fused-ring (bicyclic) bond motifs is 2. The van der Waals surface area contributed by atoms with E-state index in [0.717, 1.165) is 11.3 Å². The van der Waals surface area contributed by atoms with Crippen LogP contribution in [0.3, 0.4) is 0 Å². The highest BCUT2D eigenvalue weighted by Gasteiger charge is 2.50. The molecule has 2 fully saturated rings. The number of halogens is 1. The van der Waals surface area contributed by atoms with Gasteiger partial charge in [-0.15, -0.1) is 11.8 Å². The van der Waals surface area contributed by atoms with E-state index in [1.165, 1.54) is 17.0 Å². The third kappa shape index (κ3) is 3.60. The molecule has 5 amide bonds. The van der Waals surface area contributed by atoms with Gasteiger partial charge in [0.1, 0.15) is 5.82 Å². The maximum atomic E-state index is 13.7. The largest absolute Gasteiger partial charge is 0.331 e. The molecular formula is C26H21FN4O4S. The van der Waals surface area contributed by atoms with Gasteiger partial charge in [0.25, 0.3) is 11.8 Å². The smallest absolute Gasteiger partial charge is 0.322 e. The van der Waals surface area contributed by atoms with Crippen LogP contribution in [0.25, 0.3) is 0 Å². The van der Waals surface area contributed by atoms with Crippen LogP contribution in [0.15, 0.2) is 66.4 Å². The molecule has 4 aliphatic rings. The molecule has 3 atom stereocenters. The maximum Gasteiger partial charge on any atom is 0.322 e. The molecule has 3 N–H and O–H groups in total. The molecule has 182 valence electrons. The highest BCUT2D eigenvalue weighted by molar-refractivity contribution is 8.00. The third-order valence-electron chi connectivity index (χ3n) is 7.01. The van der Waals surface area contributed by atoms with Crippen molar-refractivity contribution in [2.45, 2.75) is 23.3 Å². The number of urea groups is 1. The van der Waals surface area contributed by atoms with E-state index in [9.17, 15) is 23.6 Å². The molecule has 2 unspecified atom stereocenters. The lowest BCUT2D eigenvalue weighted by molar-refractivity contribution is -0.124. The predicted octanol–water partition coefficient (Wildman–Crippen LogP) is 2.29. The molecule has 10 heteroatoms.